The fourth-order valence-corrected chi connectivity index (χ4v) is 2.50. The Balaban J connectivity index is 2.06. The number of thioether (sulfide) groups is 1. The van der Waals surface area contributed by atoms with Gasteiger partial charge < -0.3 is 4.74 Å². The van der Waals surface area contributed by atoms with Crippen LogP contribution >= 0.6 is 11.8 Å². The lowest BCUT2D eigenvalue weighted by Gasteiger charge is -2.10. The van der Waals surface area contributed by atoms with E-state index in [0.717, 1.165) is 12.0 Å². The molecule has 84 valence electrons. The Morgan fingerprint density at radius 2 is 2.44 bits per heavy atom. The van der Waals surface area contributed by atoms with E-state index in [1.165, 1.54) is 23.3 Å². The molecule has 1 aromatic rings. The number of ether oxygens (including phenoxy) is 1. The first-order valence-corrected chi connectivity index (χ1v) is 6.88. The smallest absolute Gasteiger partial charge is 0.0991 e. The highest BCUT2D eigenvalue weighted by atomic mass is 32.2. The lowest BCUT2D eigenvalue weighted by atomic mass is 10.0. The number of nitrogens with zero attached hydrogens (tertiary/aromatic N) is 1. The number of rotatable bonds is 4. The number of hydrogen-bond acceptors (Lipinski definition) is 3. The predicted octanol–water partition coefficient (Wildman–Crippen LogP) is 3.27. The maximum atomic E-state index is 8.81. The third-order valence-electron chi connectivity index (χ3n) is 2.87. The van der Waals surface area contributed by atoms with Crippen molar-refractivity contribution in [3.05, 3.63) is 34.9 Å². The van der Waals surface area contributed by atoms with E-state index in [4.69, 9.17) is 10.00 Å². The van der Waals surface area contributed by atoms with Gasteiger partial charge in [0.2, 0.25) is 0 Å². The Labute approximate surface area is 101 Å². The highest BCUT2D eigenvalue weighted by Crippen LogP contribution is 2.34. The van der Waals surface area contributed by atoms with Gasteiger partial charge in [-0.1, -0.05) is 6.07 Å². The summed E-state index contributed by atoms with van der Waals surface area (Å²) >= 11 is 1.87. The fourth-order valence-electron chi connectivity index (χ4n) is 2.05. The molecule has 0 aromatic heterocycles. The summed E-state index contributed by atoms with van der Waals surface area (Å²) in [6.45, 7) is 0.661. The van der Waals surface area contributed by atoms with Crippen molar-refractivity contribution in [3.63, 3.8) is 0 Å². The summed E-state index contributed by atoms with van der Waals surface area (Å²) < 4.78 is 5.75. The van der Waals surface area contributed by atoms with Gasteiger partial charge in [-0.2, -0.15) is 17.0 Å². The molecule has 1 aliphatic heterocycles. The van der Waals surface area contributed by atoms with Crippen LogP contribution in [0.3, 0.4) is 0 Å². The summed E-state index contributed by atoms with van der Waals surface area (Å²) in [5.74, 6) is 1.19. The molecule has 0 saturated carbocycles. The molecule has 0 amide bonds. The Morgan fingerprint density at radius 3 is 3.19 bits per heavy atom. The van der Waals surface area contributed by atoms with E-state index in [0.29, 0.717) is 6.61 Å². The number of hydrogen-bond donors (Lipinski definition) is 0. The van der Waals surface area contributed by atoms with Gasteiger partial charge in [-0.25, -0.2) is 0 Å². The normalized spacial score (nSPS) is 18.1. The van der Waals surface area contributed by atoms with Crippen LogP contribution in [0.1, 0.15) is 35.6 Å². The Bertz CT molecular complexity index is 411. The molecule has 1 aliphatic rings. The van der Waals surface area contributed by atoms with Gasteiger partial charge in [0.1, 0.15) is 0 Å². The zero-order chi connectivity index (χ0) is 11.4. The molecule has 1 aromatic carbocycles. The van der Waals surface area contributed by atoms with Crippen molar-refractivity contribution < 1.29 is 4.74 Å². The van der Waals surface area contributed by atoms with E-state index in [-0.39, 0.29) is 6.10 Å². The summed E-state index contributed by atoms with van der Waals surface area (Å²) in [5.41, 5.74) is 3.19. The summed E-state index contributed by atoms with van der Waals surface area (Å²) in [7, 11) is 0. The monoisotopic (exact) mass is 233 g/mol. The lowest BCUT2D eigenvalue weighted by Crippen LogP contribution is -1.96. The molecule has 1 atom stereocenters. The standard InChI is InChI=1S/C13H15NOS/c1-16-6-2-3-13-12-5-4-10(8-14)7-11(12)9-15-13/h4-5,7,13H,2-3,6,9H2,1H3/t13-/m1/s1. The predicted molar refractivity (Wildman–Crippen MR) is 66.3 cm³/mol. The Morgan fingerprint density at radius 1 is 1.56 bits per heavy atom. The molecule has 1 heterocycles. The second-order valence-electron chi connectivity index (χ2n) is 3.96. The molecule has 0 radical (unpaired) electrons. The maximum Gasteiger partial charge on any atom is 0.0991 e. The average molecular weight is 233 g/mol. The van der Waals surface area contributed by atoms with E-state index in [2.05, 4.69) is 12.3 Å². The van der Waals surface area contributed by atoms with Crippen LogP contribution in [0.25, 0.3) is 0 Å². The molecule has 2 rings (SSSR count). The van der Waals surface area contributed by atoms with Crippen LogP contribution in [0.4, 0.5) is 0 Å². The first-order chi connectivity index (χ1) is 7.85. The van der Waals surface area contributed by atoms with Crippen molar-refractivity contribution in [1.82, 2.24) is 0 Å². The maximum absolute atomic E-state index is 8.81. The van der Waals surface area contributed by atoms with Crippen molar-refractivity contribution in [2.45, 2.75) is 25.6 Å². The van der Waals surface area contributed by atoms with Crippen LogP contribution in [-0.4, -0.2) is 12.0 Å². The molecule has 3 heteroatoms. The van der Waals surface area contributed by atoms with E-state index in [1.54, 1.807) is 0 Å². The van der Waals surface area contributed by atoms with Gasteiger partial charge in [-0.05, 0) is 48.1 Å². The van der Waals surface area contributed by atoms with Crippen LogP contribution in [0.15, 0.2) is 18.2 Å². The van der Waals surface area contributed by atoms with Gasteiger partial charge in [0.05, 0.1) is 24.3 Å². The highest BCUT2D eigenvalue weighted by Gasteiger charge is 2.22. The first-order valence-electron chi connectivity index (χ1n) is 5.48. The molecule has 0 unspecified atom stereocenters. The van der Waals surface area contributed by atoms with Crippen LogP contribution < -0.4 is 0 Å². The Hall–Kier alpha value is -0.980. The minimum absolute atomic E-state index is 0.245. The van der Waals surface area contributed by atoms with E-state index in [1.807, 2.05) is 30.0 Å². The molecule has 16 heavy (non-hydrogen) atoms. The number of benzene rings is 1. The molecule has 2 nitrogen and oxygen atoms in total. The average Bonchev–Trinajstić information content (AvgIpc) is 2.72. The lowest BCUT2D eigenvalue weighted by molar-refractivity contribution is 0.0598. The van der Waals surface area contributed by atoms with Gasteiger partial charge in [-0.15, -0.1) is 0 Å². The number of nitriles is 1. The largest absolute Gasteiger partial charge is 0.369 e. The van der Waals surface area contributed by atoms with Crippen LogP contribution in [0, 0.1) is 11.3 Å². The van der Waals surface area contributed by atoms with Crippen molar-refractivity contribution >= 4 is 11.8 Å². The summed E-state index contributed by atoms with van der Waals surface area (Å²) in [4.78, 5) is 0. The first kappa shape index (κ1) is 11.5. The van der Waals surface area contributed by atoms with Crippen LogP contribution in [0.2, 0.25) is 0 Å². The van der Waals surface area contributed by atoms with Gasteiger partial charge in [0.15, 0.2) is 0 Å². The van der Waals surface area contributed by atoms with E-state index >= 15 is 0 Å². The molecule has 0 saturated heterocycles. The van der Waals surface area contributed by atoms with Crippen molar-refractivity contribution in [3.8, 4) is 6.07 Å². The number of fused-ring (bicyclic) bond motifs is 1. The molecular weight excluding hydrogens is 218 g/mol. The molecule has 0 spiro atoms. The SMILES string of the molecule is CSCCC[C@H]1OCc2cc(C#N)ccc21. The van der Waals surface area contributed by atoms with Crippen LogP contribution in [0.5, 0.6) is 0 Å². The summed E-state index contributed by atoms with van der Waals surface area (Å²) in [5, 5.41) is 8.81. The molecule has 0 bridgehead atoms. The fraction of sp³-hybridized carbons (Fsp3) is 0.462. The minimum Gasteiger partial charge on any atom is -0.369 e. The van der Waals surface area contributed by atoms with Gasteiger partial charge in [0, 0.05) is 0 Å². The highest BCUT2D eigenvalue weighted by molar-refractivity contribution is 7.98. The van der Waals surface area contributed by atoms with Gasteiger partial charge >= 0.3 is 0 Å². The molecule has 0 N–H and O–H groups in total. The Kier molecular flexibility index (Phi) is 3.87. The van der Waals surface area contributed by atoms with E-state index < -0.39 is 0 Å². The quantitative estimate of drug-likeness (QED) is 0.748. The van der Waals surface area contributed by atoms with Crippen molar-refractivity contribution in [1.29, 1.82) is 5.26 Å². The van der Waals surface area contributed by atoms with Gasteiger partial charge in [-0.3, -0.25) is 0 Å². The molecule has 0 fully saturated rings. The van der Waals surface area contributed by atoms with Crippen LogP contribution in [-0.2, 0) is 11.3 Å². The third-order valence-corrected chi connectivity index (χ3v) is 3.57. The zero-order valence-electron chi connectivity index (χ0n) is 9.40. The summed E-state index contributed by atoms with van der Waals surface area (Å²) in [6.07, 6.45) is 4.64. The minimum atomic E-state index is 0.245. The van der Waals surface area contributed by atoms with E-state index in [9.17, 15) is 0 Å². The van der Waals surface area contributed by atoms with Crippen molar-refractivity contribution in [2.24, 2.45) is 0 Å². The zero-order valence-corrected chi connectivity index (χ0v) is 10.2. The summed E-state index contributed by atoms with van der Waals surface area (Å²) in [6, 6.07) is 8.04. The molecular formula is C13H15NOS. The second-order valence-corrected chi connectivity index (χ2v) is 4.95. The third kappa shape index (κ3) is 2.40. The van der Waals surface area contributed by atoms with Crippen molar-refractivity contribution in [2.75, 3.05) is 12.0 Å². The topological polar surface area (TPSA) is 33.0 Å². The second kappa shape index (κ2) is 5.38. The van der Waals surface area contributed by atoms with Gasteiger partial charge in [0.25, 0.3) is 0 Å². The molecule has 0 aliphatic carbocycles.